The van der Waals surface area contributed by atoms with E-state index in [0.29, 0.717) is 18.6 Å². The second-order valence-electron chi connectivity index (χ2n) is 3.70. The van der Waals surface area contributed by atoms with E-state index in [2.05, 4.69) is 0 Å². The third kappa shape index (κ3) is 3.31. The lowest BCUT2D eigenvalue weighted by molar-refractivity contribution is -0.145. The Labute approximate surface area is 101 Å². The van der Waals surface area contributed by atoms with Gasteiger partial charge in [0.1, 0.15) is 0 Å². The van der Waals surface area contributed by atoms with Crippen molar-refractivity contribution in [2.75, 3.05) is 6.61 Å². The molecule has 1 unspecified atom stereocenters. The molecule has 0 heterocycles. The van der Waals surface area contributed by atoms with Gasteiger partial charge in [0.25, 0.3) is 0 Å². The van der Waals surface area contributed by atoms with E-state index in [9.17, 15) is 9.59 Å². The lowest BCUT2D eigenvalue weighted by atomic mass is 9.95. The molecule has 1 aromatic rings. The van der Waals surface area contributed by atoms with Crippen molar-refractivity contribution in [3.8, 4) is 0 Å². The van der Waals surface area contributed by atoms with Crippen molar-refractivity contribution in [2.45, 2.75) is 26.2 Å². The van der Waals surface area contributed by atoms with Gasteiger partial charge in [-0.2, -0.15) is 0 Å². The first-order valence-corrected chi connectivity index (χ1v) is 5.66. The number of primary amides is 1. The fraction of sp³-hybridized carbons (Fsp3) is 0.385. The summed E-state index contributed by atoms with van der Waals surface area (Å²) < 4.78 is 4.99. The lowest BCUT2D eigenvalue weighted by Crippen LogP contribution is -2.17. The van der Waals surface area contributed by atoms with E-state index >= 15 is 0 Å². The average Bonchev–Trinajstić information content (AvgIpc) is 2.30. The highest BCUT2D eigenvalue weighted by molar-refractivity contribution is 5.93. The number of carbonyl (C=O) groups excluding carboxylic acids is 2. The van der Waals surface area contributed by atoms with Crippen molar-refractivity contribution in [3.05, 3.63) is 35.4 Å². The first kappa shape index (κ1) is 13.2. The number of carbonyl (C=O) groups is 2. The van der Waals surface area contributed by atoms with Crippen LogP contribution in [0.3, 0.4) is 0 Å². The summed E-state index contributed by atoms with van der Waals surface area (Å²) in [6.45, 7) is 4.02. The number of rotatable bonds is 5. The quantitative estimate of drug-likeness (QED) is 0.792. The number of amides is 1. The first-order chi connectivity index (χ1) is 8.10. The van der Waals surface area contributed by atoms with Crippen LogP contribution in [0.5, 0.6) is 0 Å². The first-order valence-electron chi connectivity index (χ1n) is 5.66. The molecular weight excluding hydrogens is 218 g/mol. The summed E-state index contributed by atoms with van der Waals surface area (Å²) in [7, 11) is 0. The standard InChI is InChI=1S/C13H17NO3/c1-3-11(13(16)17-4-2)9-6-5-7-10(8-9)12(14)15/h5-8,11H,3-4H2,1-2H3,(H2,14,15). The topological polar surface area (TPSA) is 69.4 Å². The number of hydrogen-bond donors (Lipinski definition) is 1. The molecule has 0 aliphatic heterocycles. The maximum Gasteiger partial charge on any atom is 0.313 e. The van der Waals surface area contributed by atoms with Crippen LogP contribution in [-0.4, -0.2) is 18.5 Å². The van der Waals surface area contributed by atoms with Crippen LogP contribution >= 0.6 is 0 Å². The number of esters is 1. The molecular formula is C13H17NO3. The van der Waals surface area contributed by atoms with E-state index < -0.39 is 5.91 Å². The van der Waals surface area contributed by atoms with Crippen LogP contribution in [-0.2, 0) is 9.53 Å². The Morgan fingerprint density at radius 1 is 1.35 bits per heavy atom. The molecule has 0 spiro atoms. The molecule has 1 aromatic carbocycles. The average molecular weight is 235 g/mol. The van der Waals surface area contributed by atoms with Crippen molar-refractivity contribution in [1.82, 2.24) is 0 Å². The lowest BCUT2D eigenvalue weighted by Gasteiger charge is -2.14. The van der Waals surface area contributed by atoms with Crippen LogP contribution in [0.1, 0.15) is 42.1 Å². The number of nitrogens with two attached hydrogens (primary N) is 1. The van der Waals surface area contributed by atoms with E-state index in [1.54, 1.807) is 31.2 Å². The van der Waals surface area contributed by atoms with Crippen molar-refractivity contribution in [3.63, 3.8) is 0 Å². The Balaban J connectivity index is 2.99. The fourth-order valence-electron chi connectivity index (χ4n) is 1.69. The normalized spacial score (nSPS) is 11.9. The second-order valence-corrected chi connectivity index (χ2v) is 3.70. The summed E-state index contributed by atoms with van der Waals surface area (Å²) in [5.74, 6) is -1.10. The maximum absolute atomic E-state index is 11.7. The highest BCUT2D eigenvalue weighted by Crippen LogP contribution is 2.22. The molecule has 0 saturated carbocycles. The third-order valence-electron chi connectivity index (χ3n) is 2.55. The maximum atomic E-state index is 11.7. The van der Waals surface area contributed by atoms with Crippen LogP contribution in [0.15, 0.2) is 24.3 Å². The van der Waals surface area contributed by atoms with Crippen molar-refractivity contribution in [2.24, 2.45) is 5.73 Å². The second kappa shape index (κ2) is 6.03. The summed E-state index contributed by atoms with van der Waals surface area (Å²) in [4.78, 5) is 22.8. The van der Waals surface area contributed by atoms with Gasteiger partial charge in [0.2, 0.25) is 5.91 Å². The number of ether oxygens (including phenoxy) is 1. The monoisotopic (exact) mass is 235 g/mol. The zero-order valence-electron chi connectivity index (χ0n) is 10.1. The molecule has 1 atom stereocenters. The molecule has 0 radical (unpaired) electrons. The summed E-state index contributed by atoms with van der Waals surface area (Å²) in [6, 6.07) is 6.80. The van der Waals surface area contributed by atoms with Gasteiger partial charge in [0, 0.05) is 5.56 Å². The van der Waals surface area contributed by atoms with Gasteiger partial charge < -0.3 is 10.5 Å². The molecule has 0 fully saturated rings. The Hall–Kier alpha value is -1.84. The number of hydrogen-bond acceptors (Lipinski definition) is 3. The van der Waals surface area contributed by atoms with E-state index in [1.165, 1.54) is 0 Å². The molecule has 0 bridgehead atoms. The van der Waals surface area contributed by atoms with E-state index in [1.807, 2.05) is 6.92 Å². The molecule has 0 aliphatic rings. The van der Waals surface area contributed by atoms with Crippen molar-refractivity contribution >= 4 is 11.9 Å². The minimum absolute atomic E-state index is 0.267. The van der Waals surface area contributed by atoms with Crippen LogP contribution in [0.4, 0.5) is 0 Å². The van der Waals surface area contributed by atoms with Crippen molar-refractivity contribution in [1.29, 1.82) is 0 Å². The molecule has 92 valence electrons. The molecule has 1 amide bonds. The third-order valence-corrected chi connectivity index (χ3v) is 2.55. The Bertz CT molecular complexity index is 415. The Morgan fingerprint density at radius 2 is 2.06 bits per heavy atom. The number of benzene rings is 1. The minimum atomic E-state index is -0.495. The minimum Gasteiger partial charge on any atom is -0.466 e. The van der Waals surface area contributed by atoms with Crippen molar-refractivity contribution < 1.29 is 14.3 Å². The van der Waals surface area contributed by atoms with Crippen LogP contribution in [0, 0.1) is 0 Å². The fourth-order valence-corrected chi connectivity index (χ4v) is 1.69. The van der Waals surface area contributed by atoms with Crippen LogP contribution in [0.25, 0.3) is 0 Å². The predicted octanol–water partition coefficient (Wildman–Crippen LogP) is 1.84. The molecule has 17 heavy (non-hydrogen) atoms. The SMILES string of the molecule is CCOC(=O)C(CC)c1cccc(C(N)=O)c1. The zero-order valence-corrected chi connectivity index (χ0v) is 10.1. The van der Waals surface area contributed by atoms with Gasteiger partial charge in [-0.25, -0.2) is 0 Å². The largest absolute Gasteiger partial charge is 0.466 e. The van der Waals surface area contributed by atoms with Gasteiger partial charge in [-0.05, 0) is 31.0 Å². The molecule has 0 saturated heterocycles. The summed E-state index contributed by atoms with van der Waals surface area (Å²) in [5, 5.41) is 0. The van der Waals surface area contributed by atoms with E-state index in [0.717, 1.165) is 5.56 Å². The van der Waals surface area contributed by atoms with Gasteiger partial charge in [-0.15, -0.1) is 0 Å². The molecule has 1 rings (SSSR count). The highest BCUT2D eigenvalue weighted by Gasteiger charge is 2.20. The highest BCUT2D eigenvalue weighted by atomic mass is 16.5. The van der Waals surface area contributed by atoms with E-state index in [4.69, 9.17) is 10.5 Å². The smallest absolute Gasteiger partial charge is 0.313 e. The van der Waals surface area contributed by atoms with Gasteiger partial charge in [-0.3, -0.25) is 9.59 Å². The van der Waals surface area contributed by atoms with E-state index in [-0.39, 0.29) is 11.9 Å². The summed E-state index contributed by atoms with van der Waals surface area (Å²) in [6.07, 6.45) is 0.626. The molecule has 0 aliphatic carbocycles. The summed E-state index contributed by atoms with van der Waals surface area (Å²) >= 11 is 0. The predicted molar refractivity (Wildman–Crippen MR) is 64.6 cm³/mol. The Morgan fingerprint density at radius 3 is 2.59 bits per heavy atom. The van der Waals surface area contributed by atoms with Gasteiger partial charge >= 0.3 is 5.97 Å². The van der Waals surface area contributed by atoms with Gasteiger partial charge in [-0.1, -0.05) is 19.1 Å². The zero-order chi connectivity index (χ0) is 12.8. The molecule has 0 aromatic heterocycles. The molecule has 2 N–H and O–H groups in total. The molecule has 4 heteroatoms. The van der Waals surface area contributed by atoms with Gasteiger partial charge in [0.05, 0.1) is 12.5 Å². The van der Waals surface area contributed by atoms with Crippen LogP contribution < -0.4 is 5.73 Å². The Kier molecular flexibility index (Phi) is 4.69. The van der Waals surface area contributed by atoms with Crippen LogP contribution in [0.2, 0.25) is 0 Å². The molecule has 4 nitrogen and oxygen atoms in total. The summed E-state index contributed by atoms with van der Waals surface area (Å²) in [5.41, 5.74) is 6.38. The van der Waals surface area contributed by atoms with Gasteiger partial charge in [0.15, 0.2) is 0 Å².